The van der Waals surface area contributed by atoms with Crippen molar-refractivity contribution >= 4 is 17.1 Å². The molecule has 0 heterocycles. The number of benzene rings is 2. The maximum atomic E-state index is 10.8. The summed E-state index contributed by atoms with van der Waals surface area (Å²) in [4.78, 5) is 10.3. The fraction of sp³-hybridized carbons (Fsp3) is 0.0769. The fourth-order valence-electron chi connectivity index (χ4n) is 1.52. The number of phenolic OH excluding ortho intramolecular Hbond substituents is 1. The van der Waals surface area contributed by atoms with Crippen molar-refractivity contribution in [2.45, 2.75) is 0 Å². The van der Waals surface area contributed by atoms with Crippen molar-refractivity contribution in [1.29, 1.82) is 0 Å². The van der Waals surface area contributed by atoms with Crippen LogP contribution in [0.3, 0.4) is 0 Å². The molecule has 7 heteroatoms. The number of nitro benzene ring substituents is 1. The summed E-state index contributed by atoms with van der Waals surface area (Å²) in [5.41, 5.74) is 0.126. The molecule has 0 aromatic heterocycles. The Hall–Kier alpha value is -2.96. The second-order valence-electron chi connectivity index (χ2n) is 3.80. The van der Waals surface area contributed by atoms with E-state index >= 15 is 0 Å². The zero-order valence-corrected chi connectivity index (χ0v) is 10.6. The van der Waals surface area contributed by atoms with Crippen LogP contribution in [0.1, 0.15) is 0 Å². The molecule has 0 amide bonds. The monoisotopic (exact) mass is 273 g/mol. The van der Waals surface area contributed by atoms with Crippen LogP contribution < -0.4 is 4.74 Å². The van der Waals surface area contributed by atoms with Crippen molar-refractivity contribution in [3.05, 3.63) is 52.6 Å². The van der Waals surface area contributed by atoms with Crippen LogP contribution in [0.15, 0.2) is 52.7 Å². The number of ether oxygens (including phenoxy) is 1. The van der Waals surface area contributed by atoms with Gasteiger partial charge in [-0.15, -0.1) is 10.2 Å². The van der Waals surface area contributed by atoms with Gasteiger partial charge in [0.1, 0.15) is 17.2 Å². The topological polar surface area (TPSA) is 97.3 Å². The Morgan fingerprint density at radius 1 is 1.15 bits per heavy atom. The van der Waals surface area contributed by atoms with Crippen molar-refractivity contribution in [2.24, 2.45) is 10.2 Å². The number of azo groups is 1. The lowest BCUT2D eigenvalue weighted by molar-refractivity contribution is -0.384. The number of nitrogens with zero attached hydrogens (tertiary/aromatic N) is 3. The molecule has 0 fully saturated rings. The van der Waals surface area contributed by atoms with Gasteiger partial charge < -0.3 is 9.84 Å². The van der Waals surface area contributed by atoms with E-state index < -0.39 is 4.92 Å². The highest BCUT2D eigenvalue weighted by atomic mass is 16.6. The SMILES string of the molecule is COc1ccc(O)c(/N=N/c2ccccc2[N+](=O)[O-])c1. The van der Waals surface area contributed by atoms with Crippen LogP contribution >= 0.6 is 0 Å². The lowest BCUT2D eigenvalue weighted by atomic mass is 10.3. The third-order valence-electron chi connectivity index (χ3n) is 2.53. The summed E-state index contributed by atoms with van der Waals surface area (Å²) in [5.74, 6) is 0.410. The average Bonchev–Trinajstić information content (AvgIpc) is 2.46. The first-order valence-electron chi connectivity index (χ1n) is 5.64. The zero-order valence-electron chi connectivity index (χ0n) is 10.6. The summed E-state index contributed by atoms with van der Waals surface area (Å²) in [7, 11) is 1.48. The Bertz CT molecular complexity index is 670. The van der Waals surface area contributed by atoms with Crippen molar-refractivity contribution in [2.75, 3.05) is 7.11 Å². The maximum Gasteiger partial charge on any atom is 0.296 e. The quantitative estimate of drug-likeness (QED) is 0.521. The summed E-state index contributed by atoms with van der Waals surface area (Å²) >= 11 is 0. The van der Waals surface area contributed by atoms with Gasteiger partial charge in [-0.1, -0.05) is 12.1 Å². The minimum absolute atomic E-state index is 0.0897. The molecule has 2 aromatic carbocycles. The van der Waals surface area contributed by atoms with Gasteiger partial charge in [0, 0.05) is 12.1 Å². The number of para-hydroxylation sites is 1. The van der Waals surface area contributed by atoms with E-state index in [1.165, 1.54) is 31.4 Å². The van der Waals surface area contributed by atoms with Gasteiger partial charge in [-0.05, 0) is 18.2 Å². The van der Waals surface area contributed by atoms with Crippen molar-refractivity contribution in [3.8, 4) is 11.5 Å². The zero-order chi connectivity index (χ0) is 14.5. The molecule has 2 aromatic rings. The Morgan fingerprint density at radius 2 is 1.85 bits per heavy atom. The summed E-state index contributed by atoms with van der Waals surface area (Å²) < 4.78 is 5.00. The molecular formula is C13H11N3O4. The summed E-state index contributed by atoms with van der Waals surface area (Å²) in [6, 6.07) is 10.4. The Morgan fingerprint density at radius 3 is 2.55 bits per heavy atom. The molecule has 7 nitrogen and oxygen atoms in total. The number of phenols is 1. The van der Waals surface area contributed by atoms with Gasteiger partial charge in [0.15, 0.2) is 5.69 Å². The largest absolute Gasteiger partial charge is 0.506 e. The van der Waals surface area contributed by atoms with Crippen molar-refractivity contribution in [3.63, 3.8) is 0 Å². The normalized spacial score (nSPS) is 10.7. The third-order valence-corrected chi connectivity index (χ3v) is 2.53. The second-order valence-corrected chi connectivity index (χ2v) is 3.80. The molecule has 20 heavy (non-hydrogen) atoms. The molecule has 1 N–H and O–H groups in total. The van der Waals surface area contributed by atoms with Gasteiger partial charge >= 0.3 is 0 Å². The lowest BCUT2D eigenvalue weighted by Gasteiger charge is -2.02. The third kappa shape index (κ3) is 2.89. The standard InChI is InChI=1S/C13H11N3O4/c1-20-9-6-7-13(17)11(8-9)15-14-10-4-2-3-5-12(10)16(18)19/h2-8,17H,1H3/b15-14+. The molecule has 0 atom stereocenters. The molecule has 0 aliphatic carbocycles. The number of rotatable bonds is 4. The first kappa shape index (κ1) is 13.5. The van der Waals surface area contributed by atoms with Crippen molar-refractivity contribution < 1.29 is 14.8 Å². The number of nitro groups is 1. The number of hydrogen-bond acceptors (Lipinski definition) is 6. The molecule has 0 unspecified atom stereocenters. The predicted octanol–water partition coefficient (Wildman–Crippen LogP) is 3.72. The first-order chi connectivity index (χ1) is 9.61. The fourth-order valence-corrected chi connectivity index (χ4v) is 1.52. The molecular weight excluding hydrogens is 262 g/mol. The summed E-state index contributed by atoms with van der Waals surface area (Å²) in [5, 5.41) is 28.1. The van der Waals surface area contributed by atoms with Crippen LogP contribution in [0, 0.1) is 10.1 Å². The second kappa shape index (κ2) is 5.79. The average molecular weight is 273 g/mol. The predicted molar refractivity (Wildman–Crippen MR) is 71.9 cm³/mol. The number of methoxy groups -OCH3 is 1. The highest BCUT2D eigenvalue weighted by Gasteiger charge is 2.11. The van der Waals surface area contributed by atoms with E-state index in [2.05, 4.69) is 10.2 Å². The molecule has 0 radical (unpaired) electrons. The van der Waals surface area contributed by atoms with Crippen LogP contribution in [0.2, 0.25) is 0 Å². The van der Waals surface area contributed by atoms with E-state index in [4.69, 9.17) is 4.74 Å². The minimum Gasteiger partial charge on any atom is -0.506 e. The van der Waals surface area contributed by atoms with Gasteiger partial charge in [-0.3, -0.25) is 10.1 Å². The molecule has 0 spiro atoms. The van der Waals surface area contributed by atoms with Crippen molar-refractivity contribution in [1.82, 2.24) is 0 Å². The number of hydrogen-bond donors (Lipinski definition) is 1. The van der Waals surface area contributed by atoms with E-state index in [1.54, 1.807) is 18.2 Å². The van der Waals surface area contributed by atoms with E-state index in [0.29, 0.717) is 5.75 Å². The molecule has 0 saturated carbocycles. The molecule has 2 rings (SSSR count). The molecule has 0 saturated heterocycles. The van der Waals surface area contributed by atoms with E-state index in [1.807, 2.05) is 0 Å². The summed E-state index contributed by atoms with van der Waals surface area (Å²) in [6.45, 7) is 0. The maximum absolute atomic E-state index is 10.8. The Labute approximate surface area is 114 Å². The van der Waals surface area contributed by atoms with Crippen LogP contribution in [-0.2, 0) is 0 Å². The molecule has 0 aliphatic heterocycles. The molecule has 0 aliphatic rings. The van der Waals surface area contributed by atoms with Crippen LogP contribution in [0.5, 0.6) is 11.5 Å². The van der Waals surface area contributed by atoms with E-state index in [9.17, 15) is 15.2 Å². The minimum atomic E-state index is -0.542. The lowest BCUT2D eigenvalue weighted by Crippen LogP contribution is -1.87. The van der Waals surface area contributed by atoms with Gasteiger partial charge in [-0.25, -0.2) is 0 Å². The van der Waals surface area contributed by atoms with E-state index in [0.717, 1.165) is 0 Å². The number of aromatic hydroxyl groups is 1. The van der Waals surface area contributed by atoms with Crippen LogP contribution in [0.25, 0.3) is 0 Å². The van der Waals surface area contributed by atoms with E-state index in [-0.39, 0.29) is 22.8 Å². The van der Waals surface area contributed by atoms with Crippen LogP contribution in [-0.4, -0.2) is 17.1 Å². The highest BCUT2D eigenvalue weighted by Crippen LogP contribution is 2.33. The van der Waals surface area contributed by atoms with Gasteiger partial charge in [0.2, 0.25) is 0 Å². The molecule has 102 valence electrons. The molecule has 0 bridgehead atoms. The Kier molecular flexibility index (Phi) is 3.90. The summed E-state index contributed by atoms with van der Waals surface area (Å²) in [6.07, 6.45) is 0. The highest BCUT2D eigenvalue weighted by molar-refractivity contribution is 5.58. The van der Waals surface area contributed by atoms with Crippen LogP contribution in [0.4, 0.5) is 17.1 Å². The smallest absolute Gasteiger partial charge is 0.296 e. The van der Waals surface area contributed by atoms with Gasteiger partial charge in [0.25, 0.3) is 5.69 Å². The Balaban J connectivity index is 2.37. The van der Waals surface area contributed by atoms with Gasteiger partial charge in [-0.2, -0.15) is 0 Å². The first-order valence-corrected chi connectivity index (χ1v) is 5.64. The van der Waals surface area contributed by atoms with Gasteiger partial charge in [0.05, 0.1) is 12.0 Å².